The van der Waals surface area contributed by atoms with E-state index in [1.807, 2.05) is 0 Å². The van der Waals surface area contributed by atoms with E-state index in [1.54, 1.807) is 17.0 Å². The van der Waals surface area contributed by atoms with Gasteiger partial charge >= 0.3 is 11.9 Å². The lowest BCUT2D eigenvalue weighted by Gasteiger charge is -2.39. The molecule has 0 amide bonds. The summed E-state index contributed by atoms with van der Waals surface area (Å²) in [6.45, 7) is 0.211. The minimum atomic E-state index is -0.719. The molecule has 2 aromatic rings. The van der Waals surface area contributed by atoms with Crippen molar-refractivity contribution in [3.63, 3.8) is 0 Å². The highest BCUT2D eigenvalue weighted by Crippen LogP contribution is 2.30. The van der Waals surface area contributed by atoms with Crippen LogP contribution in [0, 0.1) is 11.6 Å². The lowest BCUT2D eigenvalue weighted by atomic mass is 10.1. The van der Waals surface area contributed by atoms with Crippen LogP contribution in [-0.2, 0) is 19.1 Å². The number of ether oxygens (including phenoxy) is 2. The molecule has 1 aliphatic rings. The molecular weight excluding hydrogens is 370 g/mol. The van der Waals surface area contributed by atoms with Crippen molar-refractivity contribution in [3.05, 3.63) is 71.4 Å². The molecule has 0 unspecified atom stereocenters. The van der Waals surface area contributed by atoms with E-state index in [9.17, 15) is 18.4 Å². The number of carbonyl (C=O) groups is 2. The summed E-state index contributed by atoms with van der Waals surface area (Å²) in [4.78, 5) is 28.2. The van der Waals surface area contributed by atoms with E-state index in [-0.39, 0.29) is 24.5 Å². The van der Waals surface area contributed by atoms with Crippen molar-refractivity contribution < 1.29 is 27.8 Å². The maximum atomic E-state index is 13.4. The number of hydrogen-bond acceptors (Lipinski definition) is 6. The fourth-order valence-electron chi connectivity index (χ4n) is 2.99. The molecule has 0 radical (unpaired) electrons. The number of benzene rings is 2. The molecule has 3 rings (SSSR count). The zero-order chi connectivity index (χ0) is 20.3. The van der Waals surface area contributed by atoms with Gasteiger partial charge in [-0.2, -0.15) is 0 Å². The van der Waals surface area contributed by atoms with Crippen molar-refractivity contribution in [1.29, 1.82) is 0 Å². The van der Waals surface area contributed by atoms with Gasteiger partial charge in [0, 0.05) is 11.4 Å². The number of halogens is 2. The molecule has 0 fully saturated rings. The summed E-state index contributed by atoms with van der Waals surface area (Å²) in [6.07, 6.45) is 0. The second kappa shape index (κ2) is 8.08. The Morgan fingerprint density at radius 3 is 1.82 bits per heavy atom. The summed E-state index contributed by atoms with van der Waals surface area (Å²) in [5.41, 5.74) is 1.21. The number of methoxy groups -OCH3 is 2. The SMILES string of the molecule is COC(=O)C1=C(C(=O)OC)N(c2ccc(F)cc2)CN(c2ccc(F)cc2)C1. The van der Waals surface area contributed by atoms with E-state index in [0.717, 1.165) is 0 Å². The largest absolute Gasteiger partial charge is 0.466 e. The van der Waals surface area contributed by atoms with Crippen LogP contribution < -0.4 is 9.80 Å². The van der Waals surface area contributed by atoms with Gasteiger partial charge in [-0.15, -0.1) is 0 Å². The van der Waals surface area contributed by atoms with E-state index in [1.165, 1.54) is 55.5 Å². The van der Waals surface area contributed by atoms with Gasteiger partial charge in [0.05, 0.1) is 33.0 Å². The topological polar surface area (TPSA) is 59.1 Å². The van der Waals surface area contributed by atoms with Crippen LogP contribution in [0.1, 0.15) is 0 Å². The maximum absolute atomic E-state index is 13.4. The Labute approximate surface area is 160 Å². The zero-order valence-corrected chi connectivity index (χ0v) is 15.3. The molecule has 0 saturated carbocycles. The Kier molecular flexibility index (Phi) is 5.58. The number of rotatable bonds is 4. The smallest absolute Gasteiger partial charge is 0.355 e. The van der Waals surface area contributed by atoms with Gasteiger partial charge in [-0.3, -0.25) is 0 Å². The Balaban J connectivity index is 2.13. The minimum absolute atomic E-state index is 0.0133. The Morgan fingerprint density at radius 2 is 1.32 bits per heavy atom. The van der Waals surface area contributed by atoms with Gasteiger partial charge in [0.1, 0.15) is 17.3 Å². The Morgan fingerprint density at radius 1 is 0.821 bits per heavy atom. The zero-order valence-electron chi connectivity index (χ0n) is 15.3. The summed E-state index contributed by atoms with van der Waals surface area (Å²) in [5, 5.41) is 0. The van der Waals surface area contributed by atoms with E-state index in [2.05, 4.69) is 0 Å². The first-order valence-electron chi connectivity index (χ1n) is 8.38. The van der Waals surface area contributed by atoms with Crippen LogP contribution >= 0.6 is 0 Å². The van der Waals surface area contributed by atoms with Crippen molar-refractivity contribution in [2.45, 2.75) is 0 Å². The van der Waals surface area contributed by atoms with Crippen LogP contribution in [-0.4, -0.2) is 39.4 Å². The van der Waals surface area contributed by atoms with Gasteiger partial charge in [0.2, 0.25) is 0 Å². The molecule has 6 nitrogen and oxygen atoms in total. The lowest BCUT2D eigenvalue weighted by Crippen LogP contribution is -2.48. The van der Waals surface area contributed by atoms with E-state index >= 15 is 0 Å². The Bertz CT molecular complexity index is 911. The standard InChI is InChI=1S/C20H18F2N2O4/c1-27-19(25)17-11-23(15-7-3-13(21)4-8-15)12-24(18(17)20(26)28-2)16-9-5-14(22)6-10-16/h3-10H,11-12H2,1-2H3. The summed E-state index contributed by atoms with van der Waals surface area (Å²) in [7, 11) is 2.42. The summed E-state index contributed by atoms with van der Waals surface area (Å²) >= 11 is 0. The van der Waals surface area contributed by atoms with Gasteiger partial charge in [-0.1, -0.05) is 0 Å². The van der Waals surface area contributed by atoms with Crippen LogP contribution in [0.3, 0.4) is 0 Å². The number of nitrogens with zero attached hydrogens (tertiary/aromatic N) is 2. The molecule has 28 heavy (non-hydrogen) atoms. The van der Waals surface area contributed by atoms with Crippen molar-refractivity contribution >= 4 is 23.3 Å². The normalized spacial score (nSPS) is 14.1. The molecule has 0 aliphatic carbocycles. The first-order valence-corrected chi connectivity index (χ1v) is 8.38. The van der Waals surface area contributed by atoms with E-state index in [4.69, 9.17) is 9.47 Å². The Hall–Kier alpha value is -3.42. The molecule has 8 heteroatoms. The van der Waals surface area contributed by atoms with Crippen molar-refractivity contribution in [3.8, 4) is 0 Å². The third-order valence-corrected chi connectivity index (χ3v) is 4.36. The molecule has 1 heterocycles. The van der Waals surface area contributed by atoms with Gasteiger partial charge in [0.25, 0.3) is 0 Å². The van der Waals surface area contributed by atoms with Crippen LogP contribution in [0.4, 0.5) is 20.2 Å². The highest BCUT2D eigenvalue weighted by atomic mass is 19.1. The monoisotopic (exact) mass is 388 g/mol. The molecule has 0 atom stereocenters. The quantitative estimate of drug-likeness (QED) is 0.751. The van der Waals surface area contributed by atoms with Gasteiger partial charge in [0.15, 0.2) is 0 Å². The highest BCUT2D eigenvalue weighted by molar-refractivity contribution is 6.04. The number of anilines is 2. The molecule has 146 valence electrons. The maximum Gasteiger partial charge on any atom is 0.355 e. The van der Waals surface area contributed by atoms with Crippen molar-refractivity contribution in [2.75, 3.05) is 37.2 Å². The molecule has 0 spiro atoms. The summed E-state index contributed by atoms with van der Waals surface area (Å²) in [6, 6.07) is 11.2. The fraction of sp³-hybridized carbons (Fsp3) is 0.200. The number of carbonyl (C=O) groups excluding carboxylic acids is 2. The molecular formula is C20H18F2N2O4. The first kappa shape index (κ1) is 19.3. The lowest BCUT2D eigenvalue weighted by molar-refractivity contribution is -0.139. The second-order valence-corrected chi connectivity index (χ2v) is 6.03. The van der Waals surface area contributed by atoms with Crippen molar-refractivity contribution in [1.82, 2.24) is 0 Å². The molecule has 0 saturated heterocycles. The van der Waals surface area contributed by atoms with E-state index < -0.39 is 23.6 Å². The van der Waals surface area contributed by atoms with E-state index in [0.29, 0.717) is 11.4 Å². The second-order valence-electron chi connectivity index (χ2n) is 6.03. The number of hydrogen-bond donors (Lipinski definition) is 0. The average Bonchev–Trinajstić information content (AvgIpc) is 2.72. The molecule has 0 N–H and O–H groups in total. The predicted octanol–water partition coefficient (Wildman–Crippen LogP) is 2.85. The number of esters is 2. The average molecular weight is 388 g/mol. The third kappa shape index (κ3) is 3.80. The van der Waals surface area contributed by atoms with Gasteiger partial charge in [-0.05, 0) is 48.5 Å². The molecule has 2 aromatic carbocycles. The predicted molar refractivity (Wildman–Crippen MR) is 98.6 cm³/mol. The molecule has 0 bridgehead atoms. The van der Waals surface area contributed by atoms with Gasteiger partial charge < -0.3 is 19.3 Å². The minimum Gasteiger partial charge on any atom is -0.466 e. The highest BCUT2D eigenvalue weighted by Gasteiger charge is 2.35. The first-order chi connectivity index (χ1) is 13.4. The van der Waals surface area contributed by atoms with Crippen LogP contribution in [0.2, 0.25) is 0 Å². The summed E-state index contributed by atoms with van der Waals surface area (Å²) in [5.74, 6) is -2.24. The fourth-order valence-corrected chi connectivity index (χ4v) is 2.99. The van der Waals surface area contributed by atoms with Gasteiger partial charge in [-0.25, -0.2) is 18.4 Å². The third-order valence-electron chi connectivity index (χ3n) is 4.36. The molecule has 0 aromatic heterocycles. The molecule has 1 aliphatic heterocycles. The van der Waals surface area contributed by atoms with Crippen molar-refractivity contribution in [2.24, 2.45) is 0 Å². The van der Waals surface area contributed by atoms with Crippen LogP contribution in [0.25, 0.3) is 0 Å². The van der Waals surface area contributed by atoms with Crippen LogP contribution in [0.5, 0.6) is 0 Å². The van der Waals surface area contributed by atoms with Crippen LogP contribution in [0.15, 0.2) is 59.8 Å². The summed E-state index contributed by atoms with van der Waals surface area (Å²) < 4.78 is 36.4.